The van der Waals surface area contributed by atoms with E-state index in [1.165, 1.54) is 0 Å². The fourth-order valence-corrected chi connectivity index (χ4v) is 1.76. The van der Waals surface area contributed by atoms with Crippen molar-refractivity contribution in [3.05, 3.63) is 11.8 Å². The summed E-state index contributed by atoms with van der Waals surface area (Å²) in [6.45, 7) is 8.25. The summed E-state index contributed by atoms with van der Waals surface area (Å²) in [5, 5.41) is 11.9. The summed E-state index contributed by atoms with van der Waals surface area (Å²) in [7, 11) is 0. The first-order chi connectivity index (χ1) is 9.40. The lowest BCUT2D eigenvalue weighted by Gasteiger charge is -2.15. The maximum absolute atomic E-state index is 10.7. The predicted molar refractivity (Wildman–Crippen MR) is 77.1 cm³/mol. The molecule has 0 aromatic carbocycles. The molecule has 0 aliphatic heterocycles. The Labute approximate surface area is 119 Å². The van der Waals surface area contributed by atoms with E-state index in [1.54, 1.807) is 6.07 Å². The molecule has 20 heavy (non-hydrogen) atoms. The molecule has 0 saturated heterocycles. The molecule has 1 aromatic rings. The van der Waals surface area contributed by atoms with Crippen molar-refractivity contribution in [3.63, 3.8) is 0 Å². The molecule has 112 valence electrons. The fraction of sp³-hybridized carbons (Fsp3) is 0.643. The molecule has 1 heterocycles. The average Bonchev–Trinajstić information content (AvgIpc) is 2.32. The van der Waals surface area contributed by atoms with E-state index >= 15 is 0 Å². The van der Waals surface area contributed by atoms with Crippen LogP contribution in [0.25, 0.3) is 0 Å². The van der Waals surface area contributed by atoms with Gasteiger partial charge >= 0.3 is 5.97 Å². The number of nitrogens with zero attached hydrogens (tertiary/aromatic N) is 2. The standard InChI is InChI=1S/C14H23N3O3/c1-5-11(7-13(18)19)8-15-14-16-10(4)6-12(17-14)20-9(2)3/h6,9,11H,5,7-8H2,1-4H3,(H,18,19)(H,15,16,17). The Hall–Kier alpha value is -1.85. The highest BCUT2D eigenvalue weighted by molar-refractivity contribution is 5.67. The van der Waals surface area contributed by atoms with Gasteiger partial charge in [-0.3, -0.25) is 4.79 Å². The van der Waals surface area contributed by atoms with Crippen molar-refractivity contribution in [1.82, 2.24) is 9.97 Å². The van der Waals surface area contributed by atoms with Crippen molar-refractivity contribution in [2.24, 2.45) is 5.92 Å². The van der Waals surface area contributed by atoms with Crippen LogP contribution in [0.15, 0.2) is 6.07 Å². The Balaban J connectivity index is 2.66. The molecule has 1 atom stereocenters. The van der Waals surface area contributed by atoms with Crippen LogP contribution in [0.3, 0.4) is 0 Å². The first kappa shape index (κ1) is 16.2. The molecule has 1 unspecified atom stereocenters. The van der Waals surface area contributed by atoms with Crippen molar-refractivity contribution in [2.75, 3.05) is 11.9 Å². The quantitative estimate of drug-likeness (QED) is 0.761. The summed E-state index contributed by atoms with van der Waals surface area (Å²) >= 11 is 0. The number of anilines is 1. The van der Waals surface area contributed by atoms with Crippen LogP contribution >= 0.6 is 0 Å². The number of aryl methyl sites for hydroxylation is 1. The highest BCUT2D eigenvalue weighted by Crippen LogP contribution is 2.15. The third-order valence-electron chi connectivity index (χ3n) is 2.78. The van der Waals surface area contributed by atoms with Gasteiger partial charge in [-0.15, -0.1) is 0 Å². The Morgan fingerprint density at radius 3 is 2.70 bits per heavy atom. The van der Waals surface area contributed by atoms with Crippen molar-refractivity contribution < 1.29 is 14.6 Å². The van der Waals surface area contributed by atoms with Gasteiger partial charge in [0.2, 0.25) is 11.8 Å². The van der Waals surface area contributed by atoms with Crippen LogP contribution in [0.1, 0.15) is 39.3 Å². The lowest BCUT2D eigenvalue weighted by atomic mass is 10.0. The largest absolute Gasteiger partial charge is 0.481 e. The lowest BCUT2D eigenvalue weighted by Crippen LogP contribution is -2.19. The zero-order chi connectivity index (χ0) is 15.1. The second-order valence-corrected chi connectivity index (χ2v) is 5.09. The smallest absolute Gasteiger partial charge is 0.303 e. The minimum absolute atomic E-state index is 0.0487. The molecule has 0 spiro atoms. The zero-order valence-corrected chi connectivity index (χ0v) is 12.5. The average molecular weight is 281 g/mol. The Morgan fingerprint density at radius 2 is 2.15 bits per heavy atom. The minimum atomic E-state index is -0.785. The molecule has 0 aliphatic carbocycles. The molecule has 1 rings (SSSR count). The SMILES string of the molecule is CCC(CNc1nc(C)cc(OC(C)C)n1)CC(=O)O. The van der Waals surface area contributed by atoms with Gasteiger partial charge in [0.15, 0.2) is 0 Å². The van der Waals surface area contributed by atoms with Gasteiger partial charge in [0.25, 0.3) is 0 Å². The summed E-state index contributed by atoms with van der Waals surface area (Å²) in [5.74, 6) is 0.282. The van der Waals surface area contributed by atoms with E-state index in [-0.39, 0.29) is 18.4 Å². The number of hydrogen-bond donors (Lipinski definition) is 2. The van der Waals surface area contributed by atoms with Crippen LogP contribution in [-0.4, -0.2) is 33.7 Å². The molecule has 6 nitrogen and oxygen atoms in total. The van der Waals surface area contributed by atoms with Crippen molar-refractivity contribution in [2.45, 2.75) is 46.6 Å². The molecular weight excluding hydrogens is 258 g/mol. The van der Waals surface area contributed by atoms with E-state index in [4.69, 9.17) is 9.84 Å². The van der Waals surface area contributed by atoms with Crippen molar-refractivity contribution >= 4 is 11.9 Å². The number of ether oxygens (including phenoxy) is 1. The number of hydrogen-bond acceptors (Lipinski definition) is 5. The first-order valence-corrected chi connectivity index (χ1v) is 6.88. The summed E-state index contributed by atoms with van der Waals surface area (Å²) < 4.78 is 5.55. The Kier molecular flexibility index (Phi) is 6.21. The van der Waals surface area contributed by atoms with Gasteiger partial charge in [0.05, 0.1) is 6.10 Å². The van der Waals surface area contributed by atoms with E-state index in [2.05, 4.69) is 15.3 Å². The third-order valence-corrected chi connectivity index (χ3v) is 2.78. The number of rotatable bonds is 8. The summed E-state index contributed by atoms with van der Waals surface area (Å²) in [5.41, 5.74) is 0.810. The van der Waals surface area contributed by atoms with Crippen molar-refractivity contribution in [1.29, 1.82) is 0 Å². The normalized spacial score (nSPS) is 12.2. The third kappa shape index (κ3) is 5.86. The number of carboxylic acid groups (broad SMARTS) is 1. The van der Waals surface area contributed by atoms with E-state index in [0.29, 0.717) is 18.4 Å². The summed E-state index contributed by atoms with van der Waals surface area (Å²) in [6, 6.07) is 1.78. The van der Waals surface area contributed by atoms with Crippen LogP contribution in [0.5, 0.6) is 5.88 Å². The van der Waals surface area contributed by atoms with Crippen LogP contribution in [0.4, 0.5) is 5.95 Å². The fourth-order valence-electron chi connectivity index (χ4n) is 1.76. The maximum Gasteiger partial charge on any atom is 0.303 e. The second kappa shape index (κ2) is 7.67. The van der Waals surface area contributed by atoms with Crippen LogP contribution in [-0.2, 0) is 4.79 Å². The first-order valence-electron chi connectivity index (χ1n) is 6.88. The monoisotopic (exact) mass is 281 g/mol. The van der Waals surface area contributed by atoms with Gasteiger partial charge in [-0.1, -0.05) is 13.3 Å². The zero-order valence-electron chi connectivity index (χ0n) is 12.5. The van der Waals surface area contributed by atoms with E-state index < -0.39 is 5.97 Å². The number of carboxylic acids is 1. The Bertz CT molecular complexity index is 449. The van der Waals surface area contributed by atoms with Gasteiger partial charge in [-0.05, 0) is 26.7 Å². The number of aliphatic carboxylic acids is 1. The van der Waals surface area contributed by atoms with E-state index in [9.17, 15) is 4.79 Å². The van der Waals surface area contributed by atoms with E-state index in [1.807, 2.05) is 27.7 Å². The molecule has 0 radical (unpaired) electrons. The van der Waals surface area contributed by atoms with Crippen LogP contribution in [0, 0.1) is 12.8 Å². The van der Waals surface area contributed by atoms with Gasteiger partial charge in [0, 0.05) is 24.7 Å². The molecule has 0 aliphatic rings. The molecule has 0 amide bonds. The topological polar surface area (TPSA) is 84.3 Å². The Morgan fingerprint density at radius 1 is 1.45 bits per heavy atom. The molecular formula is C14H23N3O3. The van der Waals surface area contributed by atoms with Gasteiger partial charge in [-0.2, -0.15) is 4.98 Å². The molecule has 6 heteroatoms. The van der Waals surface area contributed by atoms with Gasteiger partial charge < -0.3 is 15.2 Å². The molecule has 0 bridgehead atoms. The number of aromatic nitrogens is 2. The highest BCUT2D eigenvalue weighted by atomic mass is 16.5. The molecule has 2 N–H and O–H groups in total. The number of carbonyl (C=O) groups is 1. The highest BCUT2D eigenvalue weighted by Gasteiger charge is 2.12. The summed E-state index contributed by atoms with van der Waals surface area (Å²) in [4.78, 5) is 19.3. The van der Waals surface area contributed by atoms with Crippen LogP contribution < -0.4 is 10.1 Å². The van der Waals surface area contributed by atoms with Crippen molar-refractivity contribution in [3.8, 4) is 5.88 Å². The minimum Gasteiger partial charge on any atom is -0.481 e. The second-order valence-electron chi connectivity index (χ2n) is 5.09. The van der Waals surface area contributed by atoms with Gasteiger partial charge in [-0.25, -0.2) is 4.98 Å². The predicted octanol–water partition coefficient (Wildman–Crippen LogP) is 2.49. The maximum atomic E-state index is 10.7. The van der Waals surface area contributed by atoms with E-state index in [0.717, 1.165) is 12.1 Å². The van der Waals surface area contributed by atoms with Crippen LogP contribution in [0.2, 0.25) is 0 Å². The molecule has 0 saturated carbocycles. The number of nitrogens with one attached hydrogen (secondary N) is 1. The van der Waals surface area contributed by atoms with Gasteiger partial charge in [0.1, 0.15) is 0 Å². The molecule has 0 fully saturated rings. The molecule has 1 aromatic heterocycles. The lowest BCUT2D eigenvalue weighted by molar-refractivity contribution is -0.138. The summed E-state index contributed by atoms with van der Waals surface area (Å²) in [6.07, 6.45) is 0.984.